The number of para-hydroxylation sites is 1. The summed E-state index contributed by atoms with van der Waals surface area (Å²) in [5, 5.41) is 3.11. The predicted octanol–water partition coefficient (Wildman–Crippen LogP) is 3.55. The van der Waals surface area contributed by atoms with Crippen LogP contribution in [0.5, 0.6) is 5.75 Å². The molecule has 1 aliphatic rings. The van der Waals surface area contributed by atoms with Crippen molar-refractivity contribution in [2.24, 2.45) is 5.92 Å². The molecule has 3 nitrogen and oxygen atoms in total. The molecule has 120 valence electrons. The summed E-state index contributed by atoms with van der Waals surface area (Å²) in [6.07, 6.45) is 3.08. The van der Waals surface area contributed by atoms with Gasteiger partial charge in [0, 0.05) is 6.54 Å². The van der Waals surface area contributed by atoms with Crippen LogP contribution in [0.4, 0.5) is 0 Å². The first-order valence-electron chi connectivity index (χ1n) is 8.24. The molecule has 1 fully saturated rings. The van der Waals surface area contributed by atoms with Gasteiger partial charge < -0.3 is 10.1 Å². The van der Waals surface area contributed by atoms with Crippen molar-refractivity contribution >= 4 is 5.91 Å². The van der Waals surface area contributed by atoms with Crippen molar-refractivity contribution in [1.29, 1.82) is 0 Å². The lowest BCUT2D eigenvalue weighted by Crippen LogP contribution is -2.32. The van der Waals surface area contributed by atoms with E-state index in [0.29, 0.717) is 12.5 Å². The fourth-order valence-electron chi connectivity index (χ4n) is 3.07. The molecule has 0 radical (unpaired) electrons. The number of benzene rings is 2. The Bertz CT molecular complexity index is 650. The summed E-state index contributed by atoms with van der Waals surface area (Å²) >= 11 is 0. The van der Waals surface area contributed by atoms with Gasteiger partial charge in [-0.1, -0.05) is 48.5 Å². The maximum Gasteiger partial charge on any atom is 0.227 e. The molecule has 0 heterocycles. The third-order valence-corrected chi connectivity index (χ3v) is 4.42. The van der Waals surface area contributed by atoms with E-state index >= 15 is 0 Å². The maximum absolute atomic E-state index is 12.6. The largest absolute Gasteiger partial charge is 0.496 e. The molecule has 0 aliphatic heterocycles. The average Bonchev–Trinajstić information content (AvgIpc) is 3.41. The first-order valence-corrected chi connectivity index (χ1v) is 8.24. The van der Waals surface area contributed by atoms with Gasteiger partial charge in [0.15, 0.2) is 0 Å². The van der Waals surface area contributed by atoms with Gasteiger partial charge in [-0.05, 0) is 42.4 Å². The highest BCUT2D eigenvalue weighted by molar-refractivity contribution is 5.84. The number of nitrogens with one attached hydrogen (secondary N) is 1. The van der Waals surface area contributed by atoms with Crippen molar-refractivity contribution in [3.63, 3.8) is 0 Å². The van der Waals surface area contributed by atoms with Crippen LogP contribution in [0.1, 0.15) is 29.9 Å². The molecule has 1 amide bonds. The van der Waals surface area contributed by atoms with E-state index in [1.165, 1.54) is 0 Å². The number of carbonyl (C=O) groups excluding carboxylic acids is 1. The molecule has 3 heteroatoms. The SMILES string of the molecule is COc1ccccc1CCNC(=O)C(c1ccccc1)C1CC1. The van der Waals surface area contributed by atoms with Crippen LogP contribution in [0.2, 0.25) is 0 Å². The van der Waals surface area contributed by atoms with Gasteiger partial charge in [-0.25, -0.2) is 0 Å². The topological polar surface area (TPSA) is 38.3 Å². The normalized spacial score (nSPS) is 15.0. The van der Waals surface area contributed by atoms with Gasteiger partial charge in [0.05, 0.1) is 13.0 Å². The van der Waals surface area contributed by atoms with Crippen molar-refractivity contribution < 1.29 is 9.53 Å². The average molecular weight is 309 g/mol. The van der Waals surface area contributed by atoms with Crippen molar-refractivity contribution in [1.82, 2.24) is 5.32 Å². The summed E-state index contributed by atoms with van der Waals surface area (Å²) in [6, 6.07) is 18.1. The number of ether oxygens (including phenoxy) is 1. The molecule has 1 unspecified atom stereocenters. The third-order valence-electron chi connectivity index (χ3n) is 4.42. The molecule has 1 aliphatic carbocycles. The Morgan fingerprint density at radius 1 is 1.13 bits per heavy atom. The second kappa shape index (κ2) is 7.32. The molecule has 1 N–H and O–H groups in total. The number of amides is 1. The summed E-state index contributed by atoms with van der Waals surface area (Å²) < 4.78 is 5.36. The first-order chi connectivity index (χ1) is 11.3. The summed E-state index contributed by atoms with van der Waals surface area (Å²) in [5.74, 6) is 1.52. The van der Waals surface area contributed by atoms with Gasteiger partial charge in [0.25, 0.3) is 0 Å². The molecule has 0 saturated heterocycles. The summed E-state index contributed by atoms with van der Waals surface area (Å²) in [5.41, 5.74) is 2.25. The minimum Gasteiger partial charge on any atom is -0.496 e. The number of rotatable bonds is 7. The van der Waals surface area contributed by atoms with Crippen molar-refractivity contribution in [3.8, 4) is 5.75 Å². The second-order valence-electron chi connectivity index (χ2n) is 6.08. The fraction of sp³-hybridized carbons (Fsp3) is 0.350. The Morgan fingerprint density at radius 3 is 2.52 bits per heavy atom. The minimum absolute atomic E-state index is 0.00568. The lowest BCUT2D eigenvalue weighted by atomic mass is 9.93. The number of hydrogen-bond acceptors (Lipinski definition) is 2. The highest BCUT2D eigenvalue weighted by Crippen LogP contribution is 2.42. The van der Waals surface area contributed by atoms with E-state index in [9.17, 15) is 4.79 Å². The minimum atomic E-state index is -0.00568. The Balaban J connectivity index is 1.60. The number of carbonyl (C=O) groups is 1. The molecule has 3 rings (SSSR count). The van der Waals surface area contributed by atoms with Crippen LogP contribution in [0.3, 0.4) is 0 Å². The van der Waals surface area contributed by atoms with Gasteiger partial charge in [-0.2, -0.15) is 0 Å². The molecular formula is C20H23NO2. The first kappa shape index (κ1) is 15.6. The Morgan fingerprint density at radius 2 is 1.83 bits per heavy atom. The molecule has 0 aromatic heterocycles. The molecule has 1 atom stereocenters. The second-order valence-corrected chi connectivity index (χ2v) is 6.08. The zero-order valence-corrected chi connectivity index (χ0v) is 13.5. The Hall–Kier alpha value is -2.29. The van der Waals surface area contributed by atoms with Crippen LogP contribution in [-0.4, -0.2) is 19.6 Å². The summed E-state index contributed by atoms with van der Waals surface area (Å²) in [4.78, 5) is 12.6. The van der Waals surface area contributed by atoms with Crippen LogP contribution in [0.15, 0.2) is 54.6 Å². The van der Waals surface area contributed by atoms with Crippen LogP contribution >= 0.6 is 0 Å². The van der Waals surface area contributed by atoms with Gasteiger partial charge >= 0.3 is 0 Å². The summed E-state index contributed by atoms with van der Waals surface area (Å²) in [7, 11) is 1.68. The highest BCUT2D eigenvalue weighted by atomic mass is 16.5. The van der Waals surface area contributed by atoms with E-state index in [2.05, 4.69) is 17.4 Å². The quantitative estimate of drug-likeness (QED) is 0.849. The van der Waals surface area contributed by atoms with E-state index in [0.717, 1.165) is 36.1 Å². The number of methoxy groups -OCH3 is 1. The number of hydrogen-bond donors (Lipinski definition) is 1. The third kappa shape index (κ3) is 3.92. The Kier molecular flexibility index (Phi) is 4.96. The zero-order valence-electron chi connectivity index (χ0n) is 13.5. The van der Waals surface area contributed by atoms with Gasteiger partial charge in [0.2, 0.25) is 5.91 Å². The molecular weight excluding hydrogens is 286 g/mol. The van der Waals surface area contributed by atoms with Crippen LogP contribution in [-0.2, 0) is 11.2 Å². The van der Waals surface area contributed by atoms with E-state index < -0.39 is 0 Å². The van der Waals surface area contributed by atoms with Crippen molar-refractivity contribution in [2.75, 3.05) is 13.7 Å². The zero-order chi connectivity index (χ0) is 16.1. The monoisotopic (exact) mass is 309 g/mol. The lowest BCUT2D eigenvalue weighted by Gasteiger charge is -2.17. The van der Waals surface area contributed by atoms with E-state index in [1.54, 1.807) is 7.11 Å². The van der Waals surface area contributed by atoms with Crippen LogP contribution in [0.25, 0.3) is 0 Å². The van der Waals surface area contributed by atoms with Crippen molar-refractivity contribution in [2.45, 2.75) is 25.2 Å². The van der Waals surface area contributed by atoms with Gasteiger partial charge in [-0.15, -0.1) is 0 Å². The van der Waals surface area contributed by atoms with Crippen LogP contribution in [0, 0.1) is 5.92 Å². The fourth-order valence-corrected chi connectivity index (χ4v) is 3.07. The predicted molar refractivity (Wildman–Crippen MR) is 91.6 cm³/mol. The maximum atomic E-state index is 12.6. The van der Waals surface area contributed by atoms with E-state index in [4.69, 9.17) is 4.74 Å². The molecule has 0 spiro atoms. The van der Waals surface area contributed by atoms with Crippen molar-refractivity contribution in [3.05, 3.63) is 65.7 Å². The van der Waals surface area contributed by atoms with E-state index in [1.807, 2.05) is 42.5 Å². The highest BCUT2D eigenvalue weighted by Gasteiger charge is 2.36. The molecule has 2 aromatic rings. The van der Waals surface area contributed by atoms with Gasteiger partial charge in [0.1, 0.15) is 5.75 Å². The molecule has 1 saturated carbocycles. The molecule has 23 heavy (non-hydrogen) atoms. The Labute approximate surface area is 137 Å². The standard InChI is InChI=1S/C20H23NO2/c1-23-18-10-6-5-7-15(18)13-14-21-20(22)19(17-11-12-17)16-8-3-2-4-9-16/h2-10,17,19H,11-14H2,1H3,(H,21,22). The molecule has 0 bridgehead atoms. The molecule has 2 aromatic carbocycles. The van der Waals surface area contributed by atoms with E-state index in [-0.39, 0.29) is 11.8 Å². The smallest absolute Gasteiger partial charge is 0.227 e. The van der Waals surface area contributed by atoms with Gasteiger partial charge in [-0.3, -0.25) is 4.79 Å². The lowest BCUT2D eigenvalue weighted by molar-refractivity contribution is -0.123. The van der Waals surface area contributed by atoms with Crippen LogP contribution < -0.4 is 10.1 Å². The summed E-state index contributed by atoms with van der Waals surface area (Å²) in [6.45, 7) is 0.634.